The minimum absolute atomic E-state index is 0.0476. The van der Waals surface area contributed by atoms with Crippen LogP contribution in [0, 0.1) is 0 Å². The molecule has 0 bridgehead atoms. The lowest BCUT2D eigenvalue weighted by Gasteiger charge is -2.11. The van der Waals surface area contributed by atoms with Gasteiger partial charge >= 0.3 is 0 Å². The number of carbonyl (C=O) groups excluding carboxylic acids is 1. The van der Waals surface area contributed by atoms with Gasteiger partial charge in [0.1, 0.15) is 6.54 Å². The van der Waals surface area contributed by atoms with Crippen LogP contribution in [0.5, 0.6) is 0 Å². The lowest BCUT2D eigenvalue weighted by Crippen LogP contribution is -2.37. The second-order valence-electron chi connectivity index (χ2n) is 4.57. The van der Waals surface area contributed by atoms with Crippen molar-refractivity contribution in [2.75, 3.05) is 0 Å². The van der Waals surface area contributed by atoms with E-state index in [1.807, 2.05) is 26.0 Å². The van der Waals surface area contributed by atoms with Crippen LogP contribution in [0.15, 0.2) is 35.3 Å². The Morgan fingerprint density at radius 2 is 2.16 bits per heavy atom. The number of hydrogen-bond acceptors (Lipinski definition) is 3. The summed E-state index contributed by atoms with van der Waals surface area (Å²) in [6.07, 6.45) is 2.46. The van der Waals surface area contributed by atoms with Crippen LogP contribution in [-0.4, -0.2) is 21.7 Å². The maximum atomic E-state index is 12.1. The molecule has 0 saturated carbocycles. The summed E-state index contributed by atoms with van der Waals surface area (Å²) in [6, 6.07) is 7.32. The largest absolute Gasteiger partial charge is 0.352 e. The Morgan fingerprint density at radius 1 is 1.42 bits per heavy atom. The average Bonchev–Trinajstić information content (AvgIpc) is 2.42. The number of carbonyl (C=O) groups is 1. The van der Waals surface area contributed by atoms with Crippen LogP contribution in [-0.2, 0) is 11.3 Å². The van der Waals surface area contributed by atoms with Crippen molar-refractivity contribution in [1.29, 1.82) is 0 Å². The number of nitrogens with one attached hydrogen (secondary N) is 1. The molecule has 0 fully saturated rings. The quantitative estimate of drug-likeness (QED) is 0.900. The molecule has 1 unspecified atom stereocenters. The summed E-state index contributed by atoms with van der Waals surface area (Å²) in [5, 5.41) is 8.20. The van der Waals surface area contributed by atoms with E-state index in [9.17, 15) is 9.59 Å². The van der Waals surface area contributed by atoms with Crippen molar-refractivity contribution in [3.8, 4) is 0 Å². The molecule has 1 atom stereocenters. The Bertz CT molecular complexity index is 648. The molecule has 1 aromatic heterocycles. The Kier molecular flexibility index (Phi) is 3.94. The maximum absolute atomic E-state index is 12.1. The van der Waals surface area contributed by atoms with E-state index >= 15 is 0 Å². The highest BCUT2D eigenvalue weighted by Crippen LogP contribution is 2.06. The summed E-state index contributed by atoms with van der Waals surface area (Å²) in [6.45, 7) is 3.87. The van der Waals surface area contributed by atoms with Crippen LogP contribution in [0.4, 0.5) is 0 Å². The number of fused-ring (bicyclic) bond motifs is 1. The van der Waals surface area contributed by atoms with E-state index in [1.54, 1.807) is 18.3 Å². The Balaban J connectivity index is 2.24. The Labute approximate surface area is 111 Å². The molecular weight excluding hydrogens is 242 g/mol. The molecule has 2 rings (SSSR count). The van der Waals surface area contributed by atoms with Crippen molar-refractivity contribution in [3.63, 3.8) is 0 Å². The smallest absolute Gasteiger partial charge is 0.275 e. The molecule has 5 heteroatoms. The summed E-state index contributed by atoms with van der Waals surface area (Å²) in [7, 11) is 0. The van der Waals surface area contributed by atoms with Crippen molar-refractivity contribution in [2.24, 2.45) is 0 Å². The zero-order valence-electron chi connectivity index (χ0n) is 11.1. The van der Waals surface area contributed by atoms with Crippen LogP contribution in [0.25, 0.3) is 10.8 Å². The molecule has 100 valence electrons. The van der Waals surface area contributed by atoms with Gasteiger partial charge in [0.05, 0.1) is 11.6 Å². The molecule has 2 aromatic rings. The fourth-order valence-corrected chi connectivity index (χ4v) is 1.80. The SMILES string of the molecule is CCC(C)NC(=O)Cn1ncc2ccccc2c1=O. The standard InChI is InChI=1S/C14H17N3O2/c1-3-10(2)16-13(18)9-17-14(19)12-7-5-4-6-11(12)8-15-17/h4-8,10H,3,9H2,1-2H3,(H,16,18). The number of aromatic nitrogens is 2. The van der Waals surface area contributed by atoms with E-state index in [0.717, 1.165) is 11.8 Å². The number of amides is 1. The van der Waals surface area contributed by atoms with Crippen molar-refractivity contribution >= 4 is 16.7 Å². The first-order valence-electron chi connectivity index (χ1n) is 6.36. The first-order valence-corrected chi connectivity index (χ1v) is 6.36. The van der Waals surface area contributed by atoms with Gasteiger partial charge in [-0.2, -0.15) is 5.10 Å². The fraction of sp³-hybridized carbons (Fsp3) is 0.357. The van der Waals surface area contributed by atoms with E-state index in [2.05, 4.69) is 10.4 Å². The topological polar surface area (TPSA) is 64.0 Å². The van der Waals surface area contributed by atoms with Gasteiger partial charge in [0, 0.05) is 11.4 Å². The summed E-state index contributed by atoms with van der Waals surface area (Å²) in [5.41, 5.74) is -0.239. The third-order valence-electron chi connectivity index (χ3n) is 3.07. The summed E-state index contributed by atoms with van der Waals surface area (Å²) in [4.78, 5) is 23.9. The third kappa shape index (κ3) is 2.99. The molecular formula is C14H17N3O2. The van der Waals surface area contributed by atoms with Crippen LogP contribution in [0.2, 0.25) is 0 Å². The molecule has 1 heterocycles. The highest BCUT2D eigenvalue weighted by Gasteiger charge is 2.09. The predicted molar refractivity (Wildman–Crippen MR) is 73.9 cm³/mol. The minimum Gasteiger partial charge on any atom is -0.352 e. The van der Waals surface area contributed by atoms with Gasteiger partial charge in [0.2, 0.25) is 5.91 Å². The highest BCUT2D eigenvalue weighted by atomic mass is 16.2. The summed E-state index contributed by atoms with van der Waals surface area (Å²) < 4.78 is 1.19. The predicted octanol–water partition coefficient (Wildman–Crippen LogP) is 1.31. The summed E-state index contributed by atoms with van der Waals surface area (Å²) >= 11 is 0. The Morgan fingerprint density at radius 3 is 2.89 bits per heavy atom. The van der Waals surface area contributed by atoms with Crippen LogP contribution >= 0.6 is 0 Å². The molecule has 1 aromatic carbocycles. The van der Waals surface area contributed by atoms with Crippen molar-refractivity contribution in [1.82, 2.24) is 15.1 Å². The van der Waals surface area contributed by atoms with Crippen LogP contribution in [0.1, 0.15) is 20.3 Å². The van der Waals surface area contributed by atoms with E-state index in [1.165, 1.54) is 4.68 Å². The van der Waals surface area contributed by atoms with Gasteiger partial charge in [-0.1, -0.05) is 25.1 Å². The second kappa shape index (κ2) is 5.65. The zero-order valence-corrected chi connectivity index (χ0v) is 11.1. The van der Waals surface area contributed by atoms with Gasteiger partial charge in [0.25, 0.3) is 5.56 Å². The lowest BCUT2D eigenvalue weighted by molar-refractivity contribution is -0.122. The van der Waals surface area contributed by atoms with Crippen LogP contribution in [0.3, 0.4) is 0 Å². The molecule has 0 aliphatic rings. The number of nitrogens with zero attached hydrogens (tertiary/aromatic N) is 2. The van der Waals surface area contributed by atoms with Crippen molar-refractivity contribution in [2.45, 2.75) is 32.9 Å². The fourth-order valence-electron chi connectivity index (χ4n) is 1.80. The van der Waals surface area contributed by atoms with Gasteiger partial charge in [-0.15, -0.1) is 0 Å². The molecule has 0 spiro atoms. The highest BCUT2D eigenvalue weighted by molar-refractivity contribution is 5.81. The maximum Gasteiger partial charge on any atom is 0.275 e. The first kappa shape index (κ1) is 13.3. The van der Waals surface area contributed by atoms with Gasteiger partial charge in [0.15, 0.2) is 0 Å². The molecule has 0 radical (unpaired) electrons. The van der Waals surface area contributed by atoms with Gasteiger partial charge < -0.3 is 5.32 Å². The summed E-state index contributed by atoms with van der Waals surface area (Å²) in [5.74, 6) is -0.195. The third-order valence-corrected chi connectivity index (χ3v) is 3.07. The van der Waals surface area contributed by atoms with E-state index in [0.29, 0.717) is 5.39 Å². The van der Waals surface area contributed by atoms with E-state index < -0.39 is 0 Å². The van der Waals surface area contributed by atoms with Crippen LogP contribution < -0.4 is 10.9 Å². The first-order chi connectivity index (χ1) is 9.11. The van der Waals surface area contributed by atoms with Gasteiger partial charge in [-0.05, 0) is 19.4 Å². The molecule has 0 aliphatic carbocycles. The molecule has 5 nitrogen and oxygen atoms in total. The number of rotatable bonds is 4. The number of benzene rings is 1. The lowest BCUT2D eigenvalue weighted by atomic mass is 10.2. The molecule has 19 heavy (non-hydrogen) atoms. The van der Waals surface area contributed by atoms with Gasteiger partial charge in [-0.3, -0.25) is 9.59 Å². The van der Waals surface area contributed by atoms with Crippen molar-refractivity contribution in [3.05, 3.63) is 40.8 Å². The average molecular weight is 259 g/mol. The van der Waals surface area contributed by atoms with E-state index in [4.69, 9.17) is 0 Å². The van der Waals surface area contributed by atoms with E-state index in [-0.39, 0.29) is 24.1 Å². The zero-order chi connectivity index (χ0) is 13.8. The number of hydrogen-bond donors (Lipinski definition) is 1. The molecule has 1 amide bonds. The molecule has 0 aliphatic heterocycles. The van der Waals surface area contributed by atoms with Crippen molar-refractivity contribution < 1.29 is 4.79 Å². The minimum atomic E-state index is -0.239. The Hall–Kier alpha value is -2.17. The van der Waals surface area contributed by atoms with Gasteiger partial charge in [-0.25, -0.2) is 4.68 Å². The normalized spacial score (nSPS) is 12.3. The second-order valence-corrected chi connectivity index (χ2v) is 4.57. The molecule has 1 N–H and O–H groups in total. The monoisotopic (exact) mass is 259 g/mol. The molecule has 0 saturated heterocycles.